The van der Waals surface area contributed by atoms with E-state index in [0.29, 0.717) is 17.6 Å². The minimum Gasteiger partial charge on any atom is -0.467 e. The van der Waals surface area contributed by atoms with Gasteiger partial charge in [-0.25, -0.2) is 9.78 Å². The molecule has 25 heavy (non-hydrogen) atoms. The average molecular weight is 345 g/mol. The van der Waals surface area contributed by atoms with Crippen LogP contribution in [-0.4, -0.2) is 46.2 Å². The number of hydrogen-bond donors (Lipinski definition) is 2. The van der Waals surface area contributed by atoms with Crippen molar-refractivity contribution < 1.29 is 19.4 Å². The highest BCUT2D eigenvalue weighted by Gasteiger charge is 2.26. The molecule has 0 aliphatic rings. The first kappa shape index (κ1) is 18.8. The normalized spacial score (nSPS) is 13.5. The van der Waals surface area contributed by atoms with Gasteiger partial charge in [0, 0.05) is 12.6 Å². The van der Waals surface area contributed by atoms with E-state index in [2.05, 4.69) is 15.3 Å². The number of para-hydroxylation sites is 2. The number of carbonyl (C=O) groups is 2. The molecule has 2 aromatic rings. The number of esters is 1. The Morgan fingerprint density at radius 3 is 2.56 bits per heavy atom. The smallest absolute Gasteiger partial charge is 0.328 e. The number of benzene rings is 1. The van der Waals surface area contributed by atoms with E-state index in [1.165, 1.54) is 7.11 Å². The van der Waals surface area contributed by atoms with Crippen molar-refractivity contribution in [2.45, 2.75) is 38.8 Å². The zero-order chi connectivity index (χ0) is 18.4. The van der Waals surface area contributed by atoms with Gasteiger partial charge in [0.2, 0.25) is 5.91 Å². The first-order valence-electron chi connectivity index (χ1n) is 8.17. The van der Waals surface area contributed by atoms with E-state index in [1.54, 1.807) is 6.20 Å². The van der Waals surface area contributed by atoms with Gasteiger partial charge in [-0.3, -0.25) is 9.78 Å². The fraction of sp³-hybridized carbons (Fsp3) is 0.444. The zero-order valence-electron chi connectivity index (χ0n) is 14.6. The third-order valence-corrected chi connectivity index (χ3v) is 3.71. The van der Waals surface area contributed by atoms with Crippen LogP contribution < -0.4 is 5.32 Å². The second kappa shape index (κ2) is 8.53. The lowest BCUT2D eigenvalue weighted by Gasteiger charge is -2.19. The molecular weight excluding hydrogens is 322 g/mol. The van der Waals surface area contributed by atoms with E-state index in [4.69, 9.17) is 4.74 Å². The second-order valence-corrected chi connectivity index (χ2v) is 6.28. The zero-order valence-corrected chi connectivity index (χ0v) is 14.6. The minimum absolute atomic E-state index is 0.130. The summed E-state index contributed by atoms with van der Waals surface area (Å²) < 4.78 is 4.75. The standard InChI is InChI=1S/C18H23N3O4/c1-11(2)8-16(22)17(23)21-15(18(24)25-3)9-12-10-19-13-6-4-5-7-14(13)20-12/h4-7,10-11,15-16,22H,8-9H2,1-3H3,(H,21,23)/t15-,16-/m1/s1. The van der Waals surface area contributed by atoms with Gasteiger partial charge in [0.1, 0.15) is 12.1 Å². The Kier molecular flexibility index (Phi) is 6.41. The first-order chi connectivity index (χ1) is 11.9. The molecule has 0 bridgehead atoms. The fourth-order valence-corrected chi connectivity index (χ4v) is 2.46. The quantitative estimate of drug-likeness (QED) is 0.732. The third-order valence-electron chi connectivity index (χ3n) is 3.71. The van der Waals surface area contributed by atoms with Crippen molar-refractivity contribution in [1.82, 2.24) is 15.3 Å². The number of nitrogens with zero attached hydrogens (tertiary/aromatic N) is 2. The van der Waals surface area contributed by atoms with Crippen molar-refractivity contribution in [3.05, 3.63) is 36.2 Å². The number of aliphatic hydroxyl groups excluding tert-OH is 1. The molecule has 0 fully saturated rings. The van der Waals surface area contributed by atoms with Crippen LogP contribution in [0.15, 0.2) is 30.5 Å². The van der Waals surface area contributed by atoms with Crippen LogP contribution in [0.4, 0.5) is 0 Å². The number of fused-ring (bicyclic) bond motifs is 1. The Morgan fingerprint density at radius 2 is 1.92 bits per heavy atom. The molecule has 0 radical (unpaired) electrons. The van der Waals surface area contributed by atoms with Gasteiger partial charge >= 0.3 is 5.97 Å². The summed E-state index contributed by atoms with van der Waals surface area (Å²) in [5, 5.41) is 12.4. The van der Waals surface area contributed by atoms with Gasteiger partial charge in [0.25, 0.3) is 0 Å². The Hall–Kier alpha value is -2.54. The van der Waals surface area contributed by atoms with Crippen LogP contribution in [0.3, 0.4) is 0 Å². The monoisotopic (exact) mass is 345 g/mol. The Balaban J connectivity index is 2.13. The van der Waals surface area contributed by atoms with Crippen LogP contribution in [0.25, 0.3) is 11.0 Å². The summed E-state index contributed by atoms with van der Waals surface area (Å²) in [4.78, 5) is 32.8. The molecule has 2 rings (SSSR count). The van der Waals surface area contributed by atoms with Gasteiger partial charge in [-0.05, 0) is 24.5 Å². The highest BCUT2D eigenvalue weighted by Crippen LogP contribution is 2.11. The van der Waals surface area contributed by atoms with Crippen LogP contribution in [0.1, 0.15) is 26.0 Å². The van der Waals surface area contributed by atoms with Crippen molar-refractivity contribution in [1.29, 1.82) is 0 Å². The molecule has 0 saturated carbocycles. The summed E-state index contributed by atoms with van der Waals surface area (Å²) in [6, 6.07) is 6.44. The summed E-state index contributed by atoms with van der Waals surface area (Å²) in [6.45, 7) is 3.80. The average Bonchev–Trinajstić information content (AvgIpc) is 2.59. The SMILES string of the molecule is COC(=O)[C@@H](Cc1cnc2ccccc2n1)NC(=O)[C@H](O)CC(C)C. The maximum absolute atomic E-state index is 12.1. The lowest BCUT2D eigenvalue weighted by Crippen LogP contribution is -2.47. The first-order valence-corrected chi connectivity index (χ1v) is 8.17. The number of rotatable bonds is 7. The Bertz CT molecular complexity index is 748. The van der Waals surface area contributed by atoms with E-state index in [9.17, 15) is 14.7 Å². The molecule has 0 saturated heterocycles. The second-order valence-electron chi connectivity index (χ2n) is 6.28. The highest BCUT2D eigenvalue weighted by atomic mass is 16.5. The predicted octanol–water partition coefficient (Wildman–Crippen LogP) is 1.24. The molecular formula is C18H23N3O4. The van der Waals surface area contributed by atoms with E-state index < -0.39 is 24.0 Å². The molecule has 134 valence electrons. The lowest BCUT2D eigenvalue weighted by atomic mass is 10.0. The predicted molar refractivity (Wildman–Crippen MR) is 92.7 cm³/mol. The van der Waals surface area contributed by atoms with Crippen LogP contribution in [0.5, 0.6) is 0 Å². The fourth-order valence-electron chi connectivity index (χ4n) is 2.46. The molecule has 7 heteroatoms. The number of carbonyl (C=O) groups excluding carboxylic acids is 2. The van der Waals surface area contributed by atoms with Gasteiger partial charge in [-0.2, -0.15) is 0 Å². The largest absolute Gasteiger partial charge is 0.467 e. The molecule has 2 atom stereocenters. The summed E-state index contributed by atoms with van der Waals surface area (Å²) in [6.07, 6.45) is 0.838. The van der Waals surface area contributed by atoms with Gasteiger partial charge < -0.3 is 15.2 Å². The Morgan fingerprint density at radius 1 is 1.24 bits per heavy atom. The molecule has 1 aromatic heterocycles. The molecule has 0 unspecified atom stereocenters. The number of amides is 1. The summed E-state index contributed by atoms with van der Waals surface area (Å²) in [7, 11) is 1.25. The third kappa shape index (κ3) is 5.22. The summed E-state index contributed by atoms with van der Waals surface area (Å²) >= 11 is 0. The molecule has 7 nitrogen and oxygen atoms in total. The number of aliphatic hydroxyl groups is 1. The van der Waals surface area contributed by atoms with E-state index in [-0.39, 0.29) is 12.3 Å². The molecule has 1 amide bonds. The molecule has 0 spiro atoms. The van der Waals surface area contributed by atoms with Crippen LogP contribution in [0, 0.1) is 5.92 Å². The number of methoxy groups -OCH3 is 1. The molecule has 1 aromatic carbocycles. The molecule has 0 aliphatic heterocycles. The number of aromatic nitrogens is 2. The van der Waals surface area contributed by atoms with Crippen LogP contribution in [-0.2, 0) is 20.7 Å². The van der Waals surface area contributed by atoms with Crippen molar-refractivity contribution in [2.24, 2.45) is 5.92 Å². The van der Waals surface area contributed by atoms with E-state index in [1.807, 2.05) is 38.1 Å². The molecule has 1 heterocycles. The Labute approximate surface area is 146 Å². The minimum atomic E-state index is -1.17. The van der Waals surface area contributed by atoms with Gasteiger partial charge in [-0.15, -0.1) is 0 Å². The summed E-state index contributed by atoms with van der Waals surface area (Å²) in [5.41, 5.74) is 2.00. The van der Waals surface area contributed by atoms with E-state index in [0.717, 1.165) is 5.52 Å². The molecule has 2 N–H and O–H groups in total. The van der Waals surface area contributed by atoms with Gasteiger partial charge in [0.15, 0.2) is 0 Å². The topological polar surface area (TPSA) is 101 Å². The summed E-state index contributed by atoms with van der Waals surface area (Å²) in [5.74, 6) is -1.04. The highest BCUT2D eigenvalue weighted by molar-refractivity contribution is 5.87. The van der Waals surface area contributed by atoms with Gasteiger partial charge in [0.05, 0.1) is 23.8 Å². The van der Waals surface area contributed by atoms with Crippen LogP contribution in [0.2, 0.25) is 0 Å². The van der Waals surface area contributed by atoms with E-state index >= 15 is 0 Å². The lowest BCUT2D eigenvalue weighted by molar-refractivity contribution is -0.146. The maximum atomic E-state index is 12.1. The van der Waals surface area contributed by atoms with Crippen molar-refractivity contribution >= 4 is 22.9 Å². The molecule has 0 aliphatic carbocycles. The number of nitrogens with one attached hydrogen (secondary N) is 1. The van der Waals surface area contributed by atoms with Gasteiger partial charge in [-0.1, -0.05) is 26.0 Å². The van der Waals surface area contributed by atoms with Crippen molar-refractivity contribution in [3.8, 4) is 0 Å². The number of hydrogen-bond acceptors (Lipinski definition) is 6. The maximum Gasteiger partial charge on any atom is 0.328 e. The van der Waals surface area contributed by atoms with Crippen molar-refractivity contribution in [3.63, 3.8) is 0 Å². The number of ether oxygens (including phenoxy) is 1. The van der Waals surface area contributed by atoms with Crippen LogP contribution >= 0.6 is 0 Å². The van der Waals surface area contributed by atoms with Crippen molar-refractivity contribution in [2.75, 3.05) is 7.11 Å².